The van der Waals surface area contributed by atoms with E-state index >= 15 is 0 Å². The number of nitrogens with zero attached hydrogens (tertiary/aromatic N) is 1. The van der Waals surface area contributed by atoms with Crippen LogP contribution in [0, 0.1) is 0 Å². The molecule has 0 atom stereocenters. The monoisotopic (exact) mass is 347 g/mol. The van der Waals surface area contributed by atoms with Crippen LogP contribution in [-0.4, -0.2) is 15.5 Å². The van der Waals surface area contributed by atoms with Gasteiger partial charge >= 0.3 is 0 Å². The highest BCUT2D eigenvalue weighted by atomic mass is 35.5. The molecule has 6 heteroatoms. The number of ketones is 1. The lowest BCUT2D eigenvalue weighted by atomic mass is 10.0. The Labute approximate surface area is 141 Å². The molecular weight excluding hydrogens is 337 g/mol. The predicted octanol–water partition coefficient (Wildman–Crippen LogP) is 3.78. The highest BCUT2D eigenvalue weighted by Gasteiger charge is 2.23. The number of aryl methyl sites for hydroxylation is 1. The van der Waals surface area contributed by atoms with Crippen LogP contribution >= 0.6 is 23.2 Å². The standard InChI is InChI=1S/C17H11Cl2NO3/c1-20-13-5-3-2-4-11(13)16(22)14(17(20)23)15(21)10-7-6-9(18)8-12(10)19/h2-8,22H,1H3. The molecule has 0 fully saturated rings. The molecule has 1 aromatic heterocycles. The number of aromatic nitrogens is 1. The van der Waals surface area contributed by atoms with Gasteiger partial charge in [-0.3, -0.25) is 9.59 Å². The molecule has 3 rings (SSSR count). The number of halogens is 2. The molecule has 0 saturated heterocycles. The van der Waals surface area contributed by atoms with Gasteiger partial charge in [0.15, 0.2) is 0 Å². The lowest BCUT2D eigenvalue weighted by molar-refractivity contribution is 0.103. The average molecular weight is 348 g/mol. The molecule has 0 aliphatic rings. The topological polar surface area (TPSA) is 59.3 Å². The first-order valence-corrected chi connectivity index (χ1v) is 7.48. The Bertz CT molecular complexity index is 1010. The molecule has 2 aromatic carbocycles. The van der Waals surface area contributed by atoms with Crippen molar-refractivity contribution in [2.24, 2.45) is 7.05 Å². The Balaban J connectivity index is 2.32. The number of pyridine rings is 1. The summed E-state index contributed by atoms with van der Waals surface area (Å²) < 4.78 is 1.33. The van der Waals surface area contributed by atoms with Crippen LogP contribution in [0.3, 0.4) is 0 Å². The first-order chi connectivity index (χ1) is 10.9. The van der Waals surface area contributed by atoms with Crippen molar-refractivity contribution < 1.29 is 9.90 Å². The van der Waals surface area contributed by atoms with Gasteiger partial charge in [-0.05, 0) is 30.3 Å². The average Bonchev–Trinajstić information content (AvgIpc) is 2.53. The van der Waals surface area contributed by atoms with E-state index in [0.717, 1.165) is 0 Å². The van der Waals surface area contributed by atoms with Crippen molar-refractivity contribution in [3.05, 3.63) is 74.0 Å². The SMILES string of the molecule is Cn1c(=O)c(C(=O)c2ccc(Cl)cc2Cl)c(O)c2ccccc21. The molecule has 0 unspecified atom stereocenters. The number of benzene rings is 2. The van der Waals surface area contributed by atoms with Crippen molar-refractivity contribution in [1.29, 1.82) is 0 Å². The molecule has 4 nitrogen and oxygen atoms in total. The molecule has 23 heavy (non-hydrogen) atoms. The molecule has 0 aliphatic carbocycles. The van der Waals surface area contributed by atoms with Gasteiger partial charge in [0.05, 0.1) is 10.5 Å². The zero-order valence-corrected chi connectivity index (χ0v) is 13.5. The maximum Gasteiger partial charge on any atom is 0.265 e. The van der Waals surface area contributed by atoms with Crippen LogP contribution in [0.1, 0.15) is 15.9 Å². The smallest absolute Gasteiger partial charge is 0.265 e. The molecule has 0 aliphatic heterocycles. The molecule has 1 N–H and O–H groups in total. The second-order valence-electron chi connectivity index (χ2n) is 5.06. The minimum atomic E-state index is -0.643. The zero-order valence-electron chi connectivity index (χ0n) is 12.0. The summed E-state index contributed by atoms with van der Waals surface area (Å²) in [6.07, 6.45) is 0. The van der Waals surface area contributed by atoms with Crippen molar-refractivity contribution in [3.63, 3.8) is 0 Å². The Hall–Kier alpha value is -2.30. The van der Waals surface area contributed by atoms with E-state index in [9.17, 15) is 14.7 Å². The van der Waals surface area contributed by atoms with Crippen molar-refractivity contribution in [2.45, 2.75) is 0 Å². The van der Waals surface area contributed by atoms with E-state index < -0.39 is 11.3 Å². The third kappa shape index (κ3) is 2.50. The highest BCUT2D eigenvalue weighted by Crippen LogP contribution is 2.29. The van der Waals surface area contributed by atoms with Crippen LogP contribution in [0.2, 0.25) is 10.0 Å². The van der Waals surface area contributed by atoms with Gasteiger partial charge < -0.3 is 9.67 Å². The van der Waals surface area contributed by atoms with Gasteiger partial charge in [0.2, 0.25) is 5.78 Å². The van der Waals surface area contributed by atoms with E-state index in [0.29, 0.717) is 15.9 Å². The maximum atomic E-state index is 12.7. The summed E-state index contributed by atoms with van der Waals surface area (Å²) in [6.45, 7) is 0. The predicted molar refractivity (Wildman–Crippen MR) is 90.7 cm³/mol. The second-order valence-corrected chi connectivity index (χ2v) is 5.90. The zero-order chi connectivity index (χ0) is 16.7. The second kappa shape index (κ2) is 5.72. The van der Waals surface area contributed by atoms with E-state index in [1.807, 2.05) is 0 Å². The van der Waals surface area contributed by atoms with Crippen molar-refractivity contribution >= 4 is 39.9 Å². The normalized spacial score (nSPS) is 10.9. The lowest BCUT2D eigenvalue weighted by Crippen LogP contribution is -2.25. The molecule has 0 radical (unpaired) electrons. The van der Waals surface area contributed by atoms with Crippen molar-refractivity contribution in [2.75, 3.05) is 0 Å². The molecule has 0 amide bonds. The van der Waals surface area contributed by atoms with E-state index in [4.69, 9.17) is 23.2 Å². The first kappa shape index (κ1) is 15.6. The third-order valence-corrected chi connectivity index (χ3v) is 4.23. The maximum absolute atomic E-state index is 12.7. The number of carbonyl (C=O) groups excluding carboxylic acids is 1. The minimum absolute atomic E-state index is 0.110. The lowest BCUT2D eigenvalue weighted by Gasteiger charge is -2.11. The van der Waals surface area contributed by atoms with Gasteiger partial charge in [-0.15, -0.1) is 0 Å². The summed E-state index contributed by atoms with van der Waals surface area (Å²) in [7, 11) is 1.55. The van der Waals surface area contributed by atoms with Crippen LogP contribution in [0.15, 0.2) is 47.3 Å². The molecule has 1 heterocycles. The quantitative estimate of drug-likeness (QED) is 0.717. The molecule has 0 spiro atoms. The Morgan fingerprint density at radius 2 is 1.83 bits per heavy atom. The van der Waals surface area contributed by atoms with E-state index in [-0.39, 0.29) is 21.9 Å². The van der Waals surface area contributed by atoms with Crippen LogP contribution in [0.4, 0.5) is 0 Å². The number of hydrogen-bond donors (Lipinski definition) is 1. The van der Waals surface area contributed by atoms with Gasteiger partial charge in [-0.2, -0.15) is 0 Å². The number of carbonyl (C=O) groups is 1. The molecule has 0 saturated carbocycles. The highest BCUT2D eigenvalue weighted by molar-refractivity contribution is 6.37. The van der Waals surface area contributed by atoms with Gasteiger partial charge in [0.1, 0.15) is 11.3 Å². The van der Waals surface area contributed by atoms with Crippen LogP contribution < -0.4 is 5.56 Å². The molecular formula is C17H11Cl2NO3. The number of aromatic hydroxyl groups is 1. The van der Waals surface area contributed by atoms with Gasteiger partial charge in [-0.1, -0.05) is 35.3 Å². The van der Waals surface area contributed by atoms with E-state index in [1.165, 1.54) is 22.8 Å². The summed E-state index contributed by atoms with van der Waals surface area (Å²) in [4.78, 5) is 25.2. The Morgan fingerprint density at radius 3 is 2.52 bits per heavy atom. The van der Waals surface area contributed by atoms with Gasteiger partial charge in [-0.25, -0.2) is 0 Å². The molecule has 3 aromatic rings. The Kier molecular flexibility index (Phi) is 3.88. The van der Waals surface area contributed by atoms with Gasteiger partial charge in [0, 0.05) is 23.0 Å². The number of rotatable bonds is 2. The largest absolute Gasteiger partial charge is 0.506 e. The van der Waals surface area contributed by atoms with E-state index in [1.54, 1.807) is 31.3 Å². The fraction of sp³-hybridized carbons (Fsp3) is 0.0588. The van der Waals surface area contributed by atoms with Crippen LogP contribution in [-0.2, 0) is 7.05 Å². The van der Waals surface area contributed by atoms with Crippen molar-refractivity contribution in [3.8, 4) is 5.75 Å². The summed E-state index contributed by atoms with van der Waals surface area (Å²) in [5.74, 6) is -0.991. The molecule has 0 bridgehead atoms. The summed E-state index contributed by atoms with van der Waals surface area (Å²) >= 11 is 11.9. The fourth-order valence-corrected chi connectivity index (χ4v) is 2.99. The van der Waals surface area contributed by atoms with Crippen molar-refractivity contribution in [1.82, 2.24) is 4.57 Å². The Morgan fingerprint density at radius 1 is 1.13 bits per heavy atom. The summed E-state index contributed by atoms with van der Waals surface area (Å²) in [5.41, 5.74) is -0.250. The summed E-state index contributed by atoms with van der Waals surface area (Å²) in [5, 5.41) is 11.3. The van der Waals surface area contributed by atoms with Crippen LogP contribution in [0.25, 0.3) is 10.9 Å². The minimum Gasteiger partial charge on any atom is -0.506 e. The van der Waals surface area contributed by atoms with Crippen LogP contribution in [0.5, 0.6) is 5.75 Å². The third-order valence-electron chi connectivity index (χ3n) is 3.68. The fourth-order valence-electron chi connectivity index (χ4n) is 2.49. The van der Waals surface area contributed by atoms with E-state index in [2.05, 4.69) is 0 Å². The first-order valence-electron chi connectivity index (χ1n) is 6.72. The van der Waals surface area contributed by atoms with Gasteiger partial charge in [0.25, 0.3) is 5.56 Å². The number of hydrogen-bond acceptors (Lipinski definition) is 3. The molecule has 116 valence electrons. The summed E-state index contributed by atoms with van der Waals surface area (Å²) in [6, 6.07) is 11.2. The number of para-hydroxylation sites is 1. The number of fused-ring (bicyclic) bond motifs is 1.